The van der Waals surface area contributed by atoms with E-state index in [0.29, 0.717) is 33.2 Å². The zero-order chi connectivity index (χ0) is 23.9. The number of thioether (sulfide) groups is 1. The molecule has 0 bridgehead atoms. The second-order valence-electron chi connectivity index (χ2n) is 7.09. The minimum atomic E-state index is -0.667. The molecule has 1 heterocycles. The fourth-order valence-corrected chi connectivity index (χ4v) is 3.97. The molecule has 1 amide bonds. The fourth-order valence-electron chi connectivity index (χ4n) is 3.13. The number of hydrogen-bond acceptors (Lipinski definition) is 8. The highest BCUT2D eigenvalue weighted by Crippen LogP contribution is 2.32. The summed E-state index contributed by atoms with van der Waals surface area (Å²) in [6.45, 7) is -0.339. The summed E-state index contributed by atoms with van der Waals surface area (Å²) in [6, 6.07) is 20.0. The van der Waals surface area contributed by atoms with Crippen molar-refractivity contribution in [2.24, 2.45) is 0 Å². The summed E-state index contributed by atoms with van der Waals surface area (Å²) < 4.78 is 15.7. The molecule has 0 saturated heterocycles. The van der Waals surface area contributed by atoms with Gasteiger partial charge in [0.25, 0.3) is 0 Å². The molecule has 0 fully saturated rings. The van der Waals surface area contributed by atoms with E-state index < -0.39 is 12.6 Å². The van der Waals surface area contributed by atoms with Crippen molar-refractivity contribution >= 4 is 35.1 Å². The van der Waals surface area contributed by atoms with Gasteiger partial charge in [0.1, 0.15) is 0 Å². The number of benzene rings is 3. The number of carbonyl (C=O) groups is 3. The van der Waals surface area contributed by atoms with Crippen molar-refractivity contribution in [2.75, 3.05) is 24.5 Å². The van der Waals surface area contributed by atoms with Crippen molar-refractivity contribution in [1.29, 1.82) is 5.26 Å². The van der Waals surface area contributed by atoms with Crippen molar-refractivity contribution in [1.82, 2.24) is 0 Å². The molecule has 8 nitrogen and oxygen atoms in total. The number of ether oxygens (including phenoxy) is 3. The van der Waals surface area contributed by atoms with Gasteiger partial charge in [-0.3, -0.25) is 9.59 Å². The largest absolute Gasteiger partial charge is 0.454 e. The highest BCUT2D eigenvalue weighted by molar-refractivity contribution is 8.00. The Bertz CT molecular complexity index is 1300. The van der Waals surface area contributed by atoms with E-state index >= 15 is 0 Å². The van der Waals surface area contributed by atoms with Crippen LogP contribution in [0.1, 0.15) is 26.3 Å². The third kappa shape index (κ3) is 5.54. The fraction of sp³-hybridized carbons (Fsp3) is 0.120. The van der Waals surface area contributed by atoms with Gasteiger partial charge >= 0.3 is 5.97 Å². The number of amides is 1. The first-order valence-electron chi connectivity index (χ1n) is 10.2. The normalized spacial score (nSPS) is 11.4. The maximum absolute atomic E-state index is 12.6. The molecule has 3 aromatic rings. The van der Waals surface area contributed by atoms with Crippen LogP contribution in [0.4, 0.5) is 5.69 Å². The van der Waals surface area contributed by atoms with Crippen LogP contribution in [-0.2, 0) is 9.53 Å². The average molecular weight is 474 g/mol. The van der Waals surface area contributed by atoms with E-state index in [4.69, 9.17) is 19.5 Å². The minimum Gasteiger partial charge on any atom is -0.454 e. The molecule has 9 heteroatoms. The van der Waals surface area contributed by atoms with Crippen LogP contribution in [0.15, 0.2) is 71.6 Å². The Hall–Kier alpha value is -4.29. The third-order valence-corrected chi connectivity index (χ3v) is 5.84. The quantitative estimate of drug-likeness (QED) is 0.295. The van der Waals surface area contributed by atoms with Gasteiger partial charge in [0, 0.05) is 16.1 Å². The van der Waals surface area contributed by atoms with Crippen molar-refractivity contribution < 1.29 is 28.6 Å². The number of Topliss-reactive ketones (excluding diaryl/α,β-unsaturated/α-hetero) is 1. The van der Waals surface area contributed by atoms with Gasteiger partial charge in [0.05, 0.1) is 22.9 Å². The van der Waals surface area contributed by atoms with E-state index in [1.54, 1.807) is 66.7 Å². The number of rotatable bonds is 8. The van der Waals surface area contributed by atoms with Gasteiger partial charge in [-0.25, -0.2) is 4.79 Å². The molecule has 1 aliphatic rings. The molecule has 170 valence electrons. The number of carbonyl (C=O) groups excluding carboxylic acids is 3. The van der Waals surface area contributed by atoms with Crippen LogP contribution >= 0.6 is 11.8 Å². The Morgan fingerprint density at radius 2 is 1.82 bits per heavy atom. The third-order valence-electron chi connectivity index (χ3n) is 4.77. The van der Waals surface area contributed by atoms with E-state index in [1.165, 1.54) is 0 Å². The van der Waals surface area contributed by atoms with Crippen LogP contribution in [0.3, 0.4) is 0 Å². The molecule has 4 rings (SSSR count). The number of nitriles is 1. The SMILES string of the molecule is N#Cc1cccc(NC(=O)CSc2ccccc2C(=O)OCC(=O)c2ccc3c(c2)OCO3)c1. The van der Waals surface area contributed by atoms with Gasteiger partial charge in [-0.1, -0.05) is 18.2 Å². The second-order valence-corrected chi connectivity index (χ2v) is 8.11. The first-order chi connectivity index (χ1) is 16.5. The van der Waals surface area contributed by atoms with Crippen LogP contribution in [0.25, 0.3) is 0 Å². The lowest BCUT2D eigenvalue weighted by Crippen LogP contribution is -2.16. The molecule has 0 aliphatic carbocycles. The van der Waals surface area contributed by atoms with Gasteiger partial charge in [0.15, 0.2) is 23.9 Å². The predicted octanol–water partition coefficient (Wildman–Crippen LogP) is 4.06. The Labute approximate surface area is 199 Å². The average Bonchev–Trinajstić information content (AvgIpc) is 3.34. The minimum absolute atomic E-state index is 0.0389. The van der Waals surface area contributed by atoms with Crippen molar-refractivity contribution in [2.45, 2.75) is 4.90 Å². The first-order valence-corrected chi connectivity index (χ1v) is 11.1. The summed E-state index contributed by atoms with van der Waals surface area (Å²) in [5.41, 5.74) is 1.55. The molecular weight excluding hydrogens is 456 g/mol. The second kappa shape index (κ2) is 10.6. The Morgan fingerprint density at radius 3 is 2.68 bits per heavy atom. The predicted molar refractivity (Wildman–Crippen MR) is 124 cm³/mol. The molecule has 0 unspecified atom stereocenters. The van der Waals surface area contributed by atoms with E-state index in [9.17, 15) is 14.4 Å². The van der Waals surface area contributed by atoms with E-state index in [1.807, 2.05) is 6.07 Å². The smallest absolute Gasteiger partial charge is 0.339 e. The Morgan fingerprint density at radius 1 is 1.00 bits per heavy atom. The molecule has 1 aliphatic heterocycles. The molecule has 0 saturated carbocycles. The molecule has 0 atom stereocenters. The topological polar surface area (TPSA) is 115 Å². The Kier molecular flexibility index (Phi) is 7.10. The van der Waals surface area contributed by atoms with E-state index in [0.717, 1.165) is 11.8 Å². The number of nitrogens with zero attached hydrogens (tertiary/aromatic N) is 1. The maximum atomic E-state index is 12.6. The number of nitrogens with one attached hydrogen (secondary N) is 1. The molecule has 0 radical (unpaired) electrons. The molecular formula is C25H18N2O6S. The maximum Gasteiger partial charge on any atom is 0.339 e. The molecule has 1 N–H and O–H groups in total. The van der Waals surface area contributed by atoms with Crippen molar-refractivity contribution in [3.05, 3.63) is 83.4 Å². The van der Waals surface area contributed by atoms with Crippen molar-refractivity contribution in [3.63, 3.8) is 0 Å². The molecule has 0 aromatic heterocycles. The summed E-state index contributed by atoms with van der Waals surface area (Å²) in [7, 11) is 0. The zero-order valence-electron chi connectivity index (χ0n) is 17.8. The summed E-state index contributed by atoms with van der Waals surface area (Å²) in [5, 5.41) is 11.7. The first kappa shape index (κ1) is 22.9. The highest BCUT2D eigenvalue weighted by atomic mass is 32.2. The molecule has 3 aromatic carbocycles. The summed E-state index contributed by atoms with van der Waals surface area (Å²) >= 11 is 1.16. The van der Waals surface area contributed by atoms with Crippen LogP contribution in [0.5, 0.6) is 11.5 Å². The summed E-state index contributed by atoms with van der Waals surface area (Å²) in [4.78, 5) is 37.9. The number of fused-ring (bicyclic) bond motifs is 1. The van der Waals surface area contributed by atoms with Crippen molar-refractivity contribution in [3.8, 4) is 17.6 Å². The van der Waals surface area contributed by atoms with Crippen LogP contribution in [-0.4, -0.2) is 36.8 Å². The van der Waals surface area contributed by atoms with Gasteiger partial charge in [-0.15, -0.1) is 11.8 Å². The standard InChI is InChI=1S/C25H18N2O6S/c26-12-16-4-3-5-18(10-16)27-24(29)14-34-23-7-2-1-6-19(23)25(30)31-13-20(28)17-8-9-21-22(11-17)33-15-32-21/h1-11H,13-15H2,(H,27,29). The van der Waals surface area contributed by atoms with Gasteiger partial charge in [0.2, 0.25) is 12.7 Å². The lowest BCUT2D eigenvalue weighted by Gasteiger charge is -2.10. The number of esters is 1. The molecule has 34 heavy (non-hydrogen) atoms. The zero-order valence-corrected chi connectivity index (χ0v) is 18.6. The lowest BCUT2D eigenvalue weighted by atomic mass is 10.1. The number of ketones is 1. The van der Waals surface area contributed by atoms with E-state index in [2.05, 4.69) is 5.32 Å². The molecule has 0 spiro atoms. The van der Waals surface area contributed by atoms with Gasteiger partial charge in [-0.2, -0.15) is 5.26 Å². The van der Waals surface area contributed by atoms with Crippen LogP contribution < -0.4 is 14.8 Å². The van der Waals surface area contributed by atoms with Gasteiger partial charge < -0.3 is 19.5 Å². The van der Waals surface area contributed by atoms with E-state index in [-0.39, 0.29) is 29.8 Å². The summed E-state index contributed by atoms with van der Waals surface area (Å²) in [5.74, 6) is -0.272. The summed E-state index contributed by atoms with van der Waals surface area (Å²) in [6.07, 6.45) is 0. The number of hydrogen-bond donors (Lipinski definition) is 1. The highest BCUT2D eigenvalue weighted by Gasteiger charge is 2.19. The monoisotopic (exact) mass is 474 g/mol. The lowest BCUT2D eigenvalue weighted by molar-refractivity contribution is -0.113. The van der Waals surface area contributed by atoms with Gasteiger partial charge in [-0.05, 0) is 48.5 Å². The Balaban J connectivity index is 1.34. The van der Waals surface area contributed by atoms with Crippen LogP contribution in [0, 0.1) is 11.3 Å². The van der Waals surface area contributed by atoms with Crippen LogP contribution in [0.2, 0.25) is 0 Å². The number of anilines is 1.